The lowest BCUT2D eigenvalue weighted by Gasteiger charge is -2.39. The maximum absolute atomic E-state index is 14.6. The van der Waals surface area contributed by atoms with Gasteiger partial charge in [0.1, 0.15) is 35.3 Å². The standard InChI is InChI=1S/C39H51FN2O8/c1-7-37(48-26-29-11-8-9-13-34(29)45-6)49-30-17-15-28(16-18-30)31-20-22-42(38(44)50-39(3,4)5)25-36(31)47-24-23-46-35-14-10-12-33(40)32(35)19-21-41-27(2)43/h8-18,31,36-37H,7,19-26H2,1-6H3,(H,41,43). The number of carbonyl (C=O) groups is 2. The Morgan fingerprint density at radius 3 is 2.44 bits per heavy atom. The van der Waals surface area contributed by atoms with Crippen molar-refractivity contribution in [1.29, 1.82) is 0 Å². The summed E-state index contributed by atoms with van der Waals surface area (Å²) in [6.45, 7) is 10.9. The van der Waals surface area contributed by atoms with Gasteiger partial charge in [-0.2, -0.15) is 0 Å². The Hall–Kier alpha value is -4.35. The molecule has 3 unspecified atom stereocenters. The van der Waals surface area contributed by atoms with Gasteiger partial charge in [-0.25, -0.2) is 9.18 Å². The van der Waals surface area contributed by atoms with Gasteiger partial charge in [0, 0.05) is 43.5 Å². The molecule has 1 aliphatic rings. The van der Waals surface area contributed by atoms with Crippen LogP contribution in [0.5, 0.6) is 17.2 Å². The van der Waals surface area contributed by atoms with Crippen molar-refractivity contribution in [3.8, 4) is 17.2 Å². The number of piperidine rings is 1. The zero-order valence-corrected chi connectivity index (χ0v) is 30.0. The van der Waals surface area contributed by atoms with Crippen LogP contribution in [0.25, 0.3) is 0 Å². The van der Waals surface area contributed by atoms with E-state index in [1.54, 1.807) is 24.1 Å². The average molecular weight is 695 g/mol. The van der Waals surface area contributed by atoms with Gasteiger partial charge >= 0.3 is 6.09 Å². The first-order valence-corrected chi connectivity index (χ1v) is 17.2. The summed E-state index contributed by atoms with van der Waals surface area (Å²) in [6, 6.07) is 20.3. The molecule has 4 rings (SSSR count). The van der Waals surface area contributed by atoms with Crippen molar-refractivity contribution in [3.05, 3.63) is 89.2 Å². The molecule has 272 valence electrons. The molecule has 3 atom stereocenters. The van der Waals surface area contributed by atoms with Crippen LogP contribution < -0.4 is 19.5 Å². The maximum atomic E-state index is 14.6. The number of nitrogens with one attached hydrogen (secondary N) is 1. The summed E-state index contributed by atoms with van der Waals surface area (Å²) in [7, 11) is 1.64. The molecule has 0 radical (unpaired) electrons. The molecular weight excluding hydrogens is 643 g/mol. The number of ether oxygens (including phenoxy) is 6. The number of benzene rings is 3. The molecule has 3 aromatic rings. The molecule has 10 nitrogen and oxygen atoms in total. The monoisotopic (exact) mass is 694 g/mol. The van der Waals surface area contributed by atoms with E-state index in [-0.39, 0.29) is 37.2 Å². The van der Waals surface area contributed by atoms with Crippen molar-refractivity contribution in [2.75, 3.05) is 40.0 Å². The zero-order chi connectivity index (χ0) is 36.1. The van der Waals surface area contributed by atoms with Crippen LogP contribution in [0.3, 0.4) is 0 Å². The van der Waals surface area contributed by atoms with Crippen LogP contribution in [0, 0.1) is 5.82 Å². The van der Waals surface area contributed by atoms with E-state index in [1.807, 2.05) is 76.2 Å². The molecular formula is C39H51FN2O8. The second-order valence-corrected chi connectivity index (χ2v) is 13.2. The lowest BCUT2D eigenvalue weighted by molar-refractivity contribution is -0.118. The van der Waals surface area contributed by atoms with Gasteiger partial charge in [-0.15, -0.1) is 0 Å². The normalized spacial score (nSPS) is 16.7. The first-order chi connectivity index (χ1) is 24.0. The van der Waals surface area contributed by atoms with Gasteiger partial charge in [0.15, 0.2) is 6.29 Å². The number of hydrogen-bond acceptors (Lipinski definition) is 8. The molecule has 11 heteroatoms. The van der Waals surface area contributed by atoms with Gasteiger partial charge in [0.2, 0.25) is 5.91 Å². The van der Waals surface area contributed by atoms with Crippen LogP contribution in [0.1, 0.15) is 70.1 Å². The highest BCUT2D eigenvalue weighted by molar-refractivity contribution is 5.72. The Labute approximate surface area is 295 Å². The highest BCUT2D eigenvalue weighted by Crippen LogP contribution is 2.33. The molecule has 3 aromatic carbocycles. The van der Waals surface area contributed by atoms with E-state index in [4.69, 9.17) is 28.4 Å². The summed E-state index contributed by atoms with van der Waals surface area (Å²) in [6.07, 6.45) is 0.456. The fourth-order valence-electron chi connectivity index (χ4n) is 5.78. The third-order valence-corrected chi connectivity index (χ3v) is 8.23. The molecule has 1 saturated heterocycles. The molecule has 0 aromatic heterocycles. The van der Waals surface area contributed by atoms with Crippen LogP contribution in [0.15, 0.2) is 66.7 Å². The minimum atomic E-state index is -0.621. The molecule has 0 aliphatic carbocycles. The van der Waals surface area contributed by atoms with Crippen molar-refractivity contribution >= 4 is 12.0 Å². The Bertz CT molecular complexity index is 1530. The van der Waals surface area contributed by atoms with Crippen molar-refractivity contribution in [3.63, 3.8) is 0 Å². The third-order valence-electron chi connectivity index (χ3n) is 8.23. The number of para-hydroxylation sites is 1. The number of rotatable bonds is 16. The molecule has 2 amide bonds. The molecule has 1 heterocycles. The predicted octanol–water partition coefficient (Wildman–Crippen LogP) is 7.03. The first-order valence-electron chi connectivity index (χ1n) is 17.2. The lowest BCUT2D eigenvalue weighted by atomic mass is 9.87. The van der Waals surface area contributed by atoms with Crippen LogP contribution >= 0.6 is 0 Å². The van der Waals surface area contributed by atoms with E-state index in [2.05, 4.69) is 5.32 Å². The number of hydrogen-bond donors (Lipinski definition) is 1. The second-order valence-electron chi connectivity index (χ2n) is 13.2. The van der Waals surface area contributed by atoms with E-state index in [0.29, 0.717) is 62.6 Å². The van der Waals surface area contributed by atoms with Crippen LogP contribution in [-0.4, -0.2) is 74.9 Å². The van der Waals surface area contributed by atoms with Gasteiger partial charge in [-0.05, 0) is 69.5 Å². The minimum absolute atomic E-state index is 0.00566. The average Bonchev–Trinajstić information content (AvgIpc) is 3.09. The second kappa shape index (κ2) is 18.6. The fraction of sp³-hybridized carbons (Fsp3) is 0.487. The molecule has 0 spiro atoms. The largest absolute Gasteiger partial charge is 0.496 e. The summed E-state index contributed by atoms with van der Waals surface area (Å²) < 4.78 is 50.3. The summed E-state index contributed by atoms with van der Waals surface area (Å²) in [5.41, 5.74) is 1.77. The molecule has 0 saturated carbocycles. The first kappa shape index (κ1) is 38.5. The zero-order valence-electron chi connectivity index (χ0n) is 30.0. The van der Waals surface area contributed by atoms with E-state index < -0.39 is 17.7 Å². The predicted molar refractivity (Wildman–Crippen MR) is 188 cm³/mol. The summed E-state index contributed by atoms with van der Waals surface area (Å²) in [4.78, 5) is 26.0. The molecule has 1 aliphatic heterocycles. The fourth-order valence-corrected chi connectivity index (χ4v) is 5.78. The minimum Gasteiger partial charge on any atom is -0.496 e. The summed E-state index contributed by atoms with van der Waals surface area (Å²) in [5.74, 6) is 1.28. The van der Waals surface area contributed by atoms with Crippen LogP contribution in [-0.2, 0) is 32.0 Å². The van der Waals surface area contributed by atoms with Gasteiger partial charge in [-0.1, -0.05) is 43.3 Å². The lowest BCUT2D eigenvalue weighted by Crippen LogP contribution is -2.48. The molecule has 1 N–H and O–H groups in total. The van der Waals surface area contributed by atoms with Crippen molar-refractivity contribution < 1.29 is 42.4 Å². The van der Waals surface area contributed by atoms with Crippen molar-refractivity contribution in [2.45, 2.75) is 84.4 Å². The van der Waals surface area contributed by atoms with Gasteiger partial charge in [0.05, 0.1) is 33.0 Å². The third kappa shape index (κ3) is 11.6. The van der Waals surface area contributed by atoms with E-state index in [9.17, 15) is 14.0 Å². The van der Waals surface area contributed by atoms with Gasteiger partial charge in [0.25, 0.3) is 0 Å². The molecule has 0 bridgehead atoms. The number of amides is 2. The Morgan fingerprint density at radius 2 is 1.74 bits per heavy atom. The van der Waals surface area contributed by atoms with Crippen LogP contribution in [0.2, 0.25) is 0 Å². The number of likely N-dealkylation sites (tertiary alicyclic amines) is 1. The summed E-state index contributed by atoms with van der Waals surface area (Å²) >= 11 is 0. The molecule has 50 heavy (non-hydrogen) atoms. The quantitative estimate of drug-likeness (QED) is 0.126. The number of methoxy groups -OCH3 is 1. The smallest absolute Gasteiger partial charge is 0.410 e. The SMILES string of the molecule is CCC(OCc1ccccc1OC)Oc1ccc(C2CCN(C(=O)OC(C)(C)C)CC2OCCOc2cccc(F)c2CCNC(C)=O)cc1. The van der Waals surface area contributed by atoms with Crippen molar-refractivity contribution in [1.82, 2.24) is 10.2 Å². The van der Waals surface area contributed by atoms with Crippen LogP contribution in [0.4, 0.5) is 9.18 Å². The van der Waals surface area contributed by atoms with Gasteiger partial charge < -0.3 is 38.6 Å². The Morgan fingerprint density at radius 1 is 1.00 bits per heavy atom. The highest BCUT2D eigenvalue weighted by Gasteiger charge is 2.35. The Balaban J connectivity index is 1.40. The Kier molecular flexibility index (Phi) is 14.3. The van der Waals surface area contributed by atoms with E-state index in [1.165, 1.54) is 13.0 Å². The van der Waals surface area contributed by atoms with E-state index in [0.717, 1.165) is 16.9 Å². The topological polar surface area (TPSA) is 105 Å². The highest BCUT2D eigenvalue weighted by atomic mass is 19.1. The van der Waals surface area contributed by atoms with E-state index >= 15 is 0 Å². The van der Waals surface area contributed by atoms with Crippen molar-refractivity contribution in [2.24, 2.45) is 0 Å². The number of carbonyl (C=O) groups excluding carboxylic acids is 2. The van der Waals surface area contributed by atoms with Gasteiger partial charge in [-0.3, -0.25) is 4.79 Å². The molecule has 1 fully saturated rings. The maximum Gasteiger partial charge on any atom is 0.410 e. The number of nitrogens with zero attached hydrogens (tertiary/aromatic N) is 1. The number of halogens is 1. The summed E-state index contributed by atoms with van der Waals surface area (Å²) in [5, 5.41) is 2.69.